The third-order valence-corrected chi connectivity index (χ3v) is 5.21. The molecule has 0 radical (unpaired) electrons. The lowest BCUT2D eigenvalue weighted by atomic mass is 9.71. The van der Waals surface area contributed by atoms with Gasteiger partial charge in [-0.15, -0.1) is 0 Å². The largest absolute Gasteiger partial charge is 0.353 e. The van der Waals surface area contributed by atoms with Gasteiger partial charge in [0.25, 0.3) is 0 Å². The maximum absolute atomic E-state index is 12.3. The van der Waals surface area contributed by atoms with Gasteiger partial charge in [-0.1, -0.05) is 38.4 Å². The molecule has 0 unspecified atom stereocenters. The molecule has 1 aliphatic carbocycles. The molecule has 2 nitrogen and oxygen atoms in total. The van der Waals surface area contributed by atoms with Crippen molar-refractivity contribution in [2.75, 3.05) is 0 Å². The zero-order valence-electron chi connectivity index (χ0n) is 14.2. The van der Waals surface area contributed by atoms with Crippen molar-refractivity contribution in [3.05, 3.63) is 34.3 Å². The van der Waals surface area contributed by atoms with E-state index >= 15 is 0 Å². The SMILES string of the molecule is Cc1cc(Cl)ccc1CC(=O)NC1CCC(C(C)(C)C)CC1. The first-order chi connectivity index (χ1) is 10.3. The molecule has 0 saturated heterocycles. The van der Waals surface area contributed by atoms with E-state index in [4.69, 9.17) is 11.6 Å². The Morgan fingerprint density at radius 3 is 2.41 bits per heavy atom. The summed E-state index contributed by atoms with van der Waals surface area (Å²) in [5, 5.41) is 3.93. The summed E-state index contributed by atoms with van der Waals surface area (Å²) in [6.07, 6.45) is 5.09. The second-order valence-corrected chi connectivity index (χ2v) is 8.17. The third kappa shape index (κ3) is 4.74. The molecule has 0 heterocycles. The summed E-state index contributed by atoms with van der Waals surface area (Å²) in [7, 11) is 0. The van der Waals surface area contributed by atoms with E-state index in [1.165, 1.54) is 12.8 Å². The average molecular weight is 322 g/mol. The molecular weight excluding hydrogens is 294 g/mol. The molecule has 22 heavy (non-hydrogen) atoms. The highest BCUT2D eigenvalue weighted by molar-refractivity contribution is 6.30. The summed E-state index contributed by atoms with van der Waals surface area (Å²) >= 11 is 5.96. The second-order valence-electron chi connectivity index (χ2n) is 7.73. The molecule has 1 saturated carbocycles. The lowest BCUT2D eigenvalue weighted by Crippen LogP contribution is -2.40. The summed E-state index contributed by atoms with van der Waals surface area (Å²) in [5.41, 5.74) is 2.53. The van der Waals surface area contributed by atoms with Crippen molar-refractivity contribution >= 4 is 17.5 Å². The van der Waals surface area contributed by atoms with Crippen LogP contribution in [-0.2, 0) is 11.2 Å². The van der Waals surface area contributed by atoms with E-state index in [1.54, 1.807) is 0 Å². The first-order valence-electron chi connectivity index (χ1n) is 8.30. The van der Waals surface area contributed by atoms with Gasteiger partial charge >= 0.3 is 0 Å². The van der Waals surface area contributed by atoms with Crippen LogP contribution in [0.1, 0.15) is 57.6 Å². The van der Waals surface area contributed by atoms with Gasteiger partial charge in [-0.2, -0.15) is 0 Å². The van der Waals surface area contributed by atoms with Crippen LogP contribution in [0, 0.1) is 18.3 Å². The number of halogens is 1. The maximum atomic E-state index is 12.3. The fourth-order valence-electron chi connectivity index (χ4n) is 3.41. The average Bonchev–Trinajstić information content (AvgIpc) is 2.41. The highest BCUT2D eigenvalue weighted by Crippen LogP contribution is 2.37. The minimum atomic E-state index is 0.129. The molecular formula is C19H28ClNO. The summed E-state index contributed by atoms with van der Waals surface area (Å²) in [5.74, 6) is 0.906. The fraction of sp³-hybridized carbons (Fsp3) is 0.632. The lowest BCUT2D eigenvalue weighted by Gasteiger charge is -2.37. The minimum absolute atomic E-state index is 0.129. The number of nitrogens with one attached hydrogen (secondary N) is 1. The number of aryl methyl sites for hydroxylation is 1. The Hall–Kier alpha value is -1.02. The molecule has 0 bridgehead atoms. The monoisotopic (exact) mass is 321 g/mol. The van der Waals surface area contributed by atoms with Crippen molar-refractivity contribution in [1.29, 1.82) is 0 Å². The molecule has 2 rings (SSSR count). The molecule has 1 aromatic rings. The zero-order valence-corrected chi connectivity index (χ0v) is 15.0. The van der Waals surface area contributed by atoms with E-state index in [0.29, 0.717) is 17.9 Å². The Kier molecular flexibility index (Phi) is 5.55. The van der Waals surface area contributed by atoms with E-state index in [9.17, 15) is 4.79 Å². The first-order valence-corrected chi connectivity index (χ1v) is 8.68. The minimum Gasteiger partial charge on any atom is -0.353 e. The van der Waals surface area contributed by atoms with Gasteiger partial charge in [0.05, 0.1) is 6.42 Å². The predicted molar refractivity (Wildman–Crippen MR) is 93.2 cm³/mol. The summed E-state index contributed by atoms with van der Waals surface area (Å²) in [6.45, 7) is 8.96. The zero-order chi connectivity index (χ0) is 16.3. The summed E-state index contributed by atoms with van der Waals surface area (Å²) < 4.78 is 0. The molecule has 0 aliphatic heterocycles. The normalized spacial score (nSPS) is 22.4. The number of hydrogen-bond donors (Lipinski definition) is 1. The lowest BCUT2D eigenvalue weighted by molar-refractivity contribution is -0.121. The van der Waals surface area contributed by atoms with Crippen molar-refractivity contribution in [2.45, 2.75) is 65.8 Å². The van der Waals surface area contributed by atoms with Crippen LogP contribution in [0.2, 0.25) is 5.02 Å². The first kappa shape index (κ1) is 17.3. The van der Waals surface area contributed by atoms with Crippen LogP contribution in [0.15, 0.2) is 18.2 Å². The van der Waals surface area contributed by atoms with Crippen molar-refractivity contribution in [3.8, 4) is 0 Å². The smallest absolute Gasteiger partial charge is 0.224 e. The van der Waals surface area contributed by atoms with Crippen LogP contribution in [0.3, 0.4) is 0 Å². The molecule has 1 N–H and O–H groups in total. The van der Waals surface area contributed by atoms with Crippen molar-refractivity contribution < 1.29 is 4.79 Å². The Morgan fingerprint density at radius 2 is 1.86 bits per heavy atom. The molecule has 0 spiro atoms. The van der Waals surface area contributed by atoms with E-state index < -0.39 is 0 Å². The summed E-state index contributed by atoms with van der Waals surface area (Å²) in [6, 6.07) is 6.07. The van der Waals surface area contributed by atoms with Crippen LogP contribution < -0.4 is 5.32 Å². The van der Waals surface area contributed by atoms with Crippen LogP contribution in [0.25, 0.3) is 0 Å². The van der Waals surface area contributed by atoms with Gasteiger partial charge in [-0.05, 0) is 67.2 Å². The molecule has 122 valence electrons. The van der Waals surface area contributed by atoms with Crippen molar-refractivity contribution in [2.24, 2.45) is 11.3 Å². The van der Waals surface area contributed by atoms with E-state index in [2.05, 4.69) is 26.1 Å². The Balaban J connectivity index is 1.83. The van der Waals surface area contributed by atoms with E-state index in [0.717, 1.165) is 34.9 Å². The number of hydrogen-bond acceptors (Lipinski definition) is 1. The standard InChI is InChI=1S/C19H28ClNO/c1-13-11-16(20)8-5-14(13)12-18(22)21-17-9-6-15(7-10-17)19(2,3)4/h5,8,11,15,17H,6-7,9-10,12H2,1-4H3,(H,21,22). The van der Waals surface area contributed by atoms with E-state index in [1.807, 2.05) is 25.1 Å². The molecule has 1 aliphatic rings. The Morgan fingerprint density at radius 1 is 1.23 bits per heavy atom. The van der Waals surface area contributed by atoms with Gasteiger partial charge in [0.2, 0.25) is 5.91 Å². The second kappa shape index (κ2) is 7.04. The highest BCUT2D eigenvalue weighted by atomic mass is 35.5. The number of benzene rings is 1. The molecule has 1 fully saturated rings. The highest BCUT2D eigenvalue weighted by Gasteiger charge is 2.30. The summed E-state index contributed by atoms with van der Waals surface area (Å²) in [4.78, 5) is 12.3. The van der Waals surface area contributed by atoms with Crippen LogP contribution in [0.4, 0.5) is 0 Å². The molecule has 0 aromatic heterocycles. The van der Waals surface area contributed by atoms with Gasteiger partial charge in [-0.25, -0.2) is 0 Å². The van der Waals surface area contributed by atoms with Crippen LogP contribution in [0.5, 0.6) is 0 Å². The van der Waals surface area contributed by atoms with Gasteiger partial charge in [-0.3, -0.25) is 4.79 Å². The number of amides is 1. The van der Waals surface area contributed by atoms with Gasteiger partial charge in [0, 0.05) is 11.1 Å². The number of carbonyl (C=O) groups is 1. The fourth-order valence-corrected chi connectivity index (χ4v) is 3.64. The maximum Gasteiger partial charge on any atom is 0.224 e. The molecule has 1 amide bonds. The molecule has 3 heteroatoms. The van der Waals surface area contributed by atoms with Gasteiger partial charge in [0.1, 0.15) is 0 Å². The third-order valence-electron chi connectivity index (χ3n) is 4.97. The predicted octanol–water partition coefficient (Wildman–Crippen LogP) is 4.91. The van der Waals surface area contributed by atoms with Crippen LogP contribution in [-0.4, -0.2) is 11.9 Å². The number of rotatable bonds is 3. The number of carbonyl (C=O) groups excluding carboxylic acids is 1. The van der Waals surface area contributed by atoms with Crippen LogP contribution >= 0.6 is 11.6 Å². The molecule has 0 atom stereocenters. The van der Waals surface area contributed by atoms with Crippen molar-refractivity contribution in [1.82, 2.24) is 5.32 Å². The Bertz CT molecular complexity index is 525. The Labute approximate surface area is 139 Å². The van der Waals surface area contributed by atoms with Gasteiger partial charge < -0.3 is 5.32 Å². The molecule has 1 aromatic carbocycles. The quantitative estimate of drug-likeness (QED) is 0.841. The topological polar surface area (TPSA) is 29.1 Å². The van der Waals surface area contributed by atoms with Gasteiger partial charge in [0.15, 0.2) is 0 Å². The van der Waals surface area contributed by atoms with E-state index in [-0.39, 0.29) is 5.91 Å². The van der Waals surface area contributed by atoms with Crippen molar-refractivity contribution in [3.63, 3.8) is 0 Å².